The summed E-state index contributed by atoms with van der Waals surface area (Å²) >= 11 is 7.69. The number of anilines is 1. The Hall–Kier alpha value is -0.340. The molecule has 0 amide bonds. The van der Waals surface area contributed by atoms with Gasteiger partial charge in [0.1, 0.15) is 0 Å². The van der Waals surface area contributed by atoms with Gasteiger partial charge in [0.25, 0.3) is 0 Å². The second-order valence-electron chi connectivity index (χ2n) is 3.90. The zero-order chi connectivity index (χ0) is 10.1. The Morgan fingerprint density at radius 3 is 2.38 bits per heavy atom. The second-order valence-corrected chi connectivity index (χ2v) is 6.21. The Morgan fingerprint density at radius 2 is 1.92 bits per heavy atom. The first-order chi connectivity index (χ1) is 5.88. The van der Waals surface area contributed by atoms with Gasteiger partial charge in [0.2, 0.25) is 0 Å². The molecule has 0 saturated heterocycles. The van der Waals surface area contributed by atoms with Crippen molar-refractivity contribution in [1.82, 2.24) is 0 Å². The zero-order valence-electron chi connectivity index (χ0n) is 8.10. The molecule has 0 heterocycles. The highest BCUT2D eigenvalue weighted by molar-refractivity contribution is 8.00. The molecule has 0 spiro atoms. The third-order valence-corrected chi connectivity index (χ3v) is 2.83. The lowest BCUT2D eigenvalue weighted by atomic mass is 10.3. The van der Waals surface area contributed by atoms with Crippen molar-refractivity contribution in [2.75, 3.05) is 5.73 Å². The summed E-state index contributed by atoms with van der Waals surface area (Å²) in [6, 6.07) is 5.75. The minimum Gasteiger partial charge on any atom is -0.398 e. The summed E-state index contributed by atoms with van der Waals surface area (Å²) in [5.74, 6) is 0. The number of hydrogen-bond acceptors (Lipinski definition) is 2. The van der Waals surface area contributed by atoms with E-state index in [1.54, 1.807) is 11.8 Å². The molecule has 1 nitrogen and oxygen atoms in total. The van der Waals surface area contributed by atoms with Crippen molar-refractivity contribution in [2.24, 2.45) is 0 Å². The predicted molar refractivity (Wildman–Crippen MR) is 61.5 cm³/mol. The summed E-state index contributed by atoms with van der Waals surface area (Å²) < 4.78 is 0.208. The maximum Gasteiger partial charge on any atom is 0.0646 e. The third-order valence-electron chi connectivity index (χ3n) is 1.40. The van der Waals surface area contributed by atoms with Crippen LogP contribution in [-0.4, -0.2) is 4.75 Å². The Balaban J connectivity index is 2.86. The molecule has 1 rings (SSSR count). The van der Waals surface area contributed by atoms with Crippen molar-refractivity contribution in [3.05, 3.63) is 23.2 Å². The summed E-state index contributed by atoms with van der Waals surface area (Å²) in [6.45, 7) is 6.51. The summed E-state index contributed by atoms with van der Waals surface area (Å²) in [4.78, 5) is 1.16. The van der Waals surface area contributed by atoms with Crippen LogP contribution in [0.25, 0.3) is 0 Å². The lowest BCUT2D eigenvalue weighted by Gasteiger charge is -2.17. The molecule has 2 N–H and O–H groups in total. The molecule has 13 heavy (non-hydrogen) atoms. The van der Waals surface area contributed by atoms with Crippen LogP contribution in [0.15, 0.2) is 23.1 Å². The molecule has 0 aliphatic heterocycles. The molecule has 0 radical (unpaired) electrons. The monoisotopic (exact) mass is 215 g/mol. The number of thioether (sulfide) groups is 1. The third kappa shape index (κ3) is 3.49. The van der Waals surface area contributed by atoms with E-state index in [0.29, 0.717) is 10.7 Å². The number of benzene rings is 1. The molecule has 0 bridgehead atoms. The van der Waals surface area contributed by atoms with E-state index in [9.17, 15) is 0 Å². The highest BCUT2D eigenvalue weighted by Crippen LogP contribution is 2.34. The normalized spacial score (nSPS) is 11.7. The molecular weight excluding hydrogens is 202 g/mol. The van der Waals surface area contributed by atoms with Crippen LogP contribution in [0.3, 0.4) is 0 Å². The Labute approximate surface area is 88.7 Å². The van der Waals surface area contributed by atoms with E-state index in [1.807, 2.05) is 18.2 Å². The van der Waals surface area contributed by atoms with E-state index in [4.69, 9.17) is 17.3 Å². The number of nitrogens with two attached hydrogens (primary N) is 1. The van der Waals surface area contributed by atoms with Crippen LogP contribution in [-0.2, 0) is 0 Å². The van der Waals surface area contributed by atoms with Gasteiger partial charge in [0.15, 0.2) is 0 Å². The number of hydrogen-bond donors (Lipinski definition) is 1. The quantitative estimate of drug-likeness (QED) is 0.570. The van der Waals surface area contributed by atoms with Crippen LogP contribution in [0.1, 0.15) is 20.8 Å². The molecule has 0 aliphatic carbocycles. The van der Waals surface area contributed by atoms with Crippen molar-refractivity contribution in [3.63, 3.8) is 0 Å². The van der Waals surface area contributed by atoms with Gasteiger partial charge in [-0.3, -0.25) is 0 Å². The first kappa shape index (κ1) is 10.7. The Morgan fingerprint density at radius 1 is 1.31 bits per heavy atom. The molecule has 0 atom stereocenters. The highest BCUT2D eigenvalue weighted by Gasteiger charge is 2.12. The molecular formula is C10H14ClNS. The minimum absolute atomic E-state index is 0.208. The molecule has 0 unspecified atom stereocenters. The average molecular weight is 216 g/mol. The maximum absolute atomic E-state index is 5.90. The van der Waals surface area contributed by atoms with Crippen molar-refractivity contribution in [1.29, 1.82) is 0 Å². The van der Waals surface area contributed by atoms with Crippen LogP contribution in [0, 0.1) is 0 Å². The van der Waals surface area contributed by atoms with Crippen LogP contribution in [0.4, 0.5) is 5.69 Å². The Bertz CT molecular complexity index is 304. The lowest BCUT2D eigenvalue weighted by Crippen LogP contribution is -2.06. The van der Waals surface area contributed by atoms with Gasteiger partial charge in [-0.1, -0.05) is 32.4 Å². The van der Waals surface area contributed by atoms with E-state index in [0.717, 1.165) is 4.90 Å². The van der Waals surface area contributed by atoms with E-state index >= 15 is 0 Å². The van der Waals surface area contributed by atoms with Gasteiger partial charge >= 0.3 is 0 Å². The van der Waals surface area contributed by atoms with Crippen molar-refractivity contribution < 1.29 is 0 Å². The van der Waals surface area contributed by atoms with E-state index in [1.165, 1.54) is 0 Å². The molecule has 0 aromatic heterocycles. The molecule has 3 heteroatoms. The largest absolute Gasteiger partial charge is 0.398 e. The van der Waals surface area contributed by atoms with Gasteiger partial charge in [-0.25, -0.2) is 0 Å². The standard InChI is InChI=1S/C10H14ClNS/c1-10(2,3)13-7-4-5-9(12)8(11)6-7/h4-6H,12H2,1-3H3. The fourth-order valence-electron chi connectivity index (χ4n) is 0.925. The molecule has 0 aliphatic rings. The fraction of sp³-hybridized carbons (Fsp3) is 0.400. The van der Waals surface area contributed by atoms with Crippen LogP contribution in [0.5, 0.6) is 0 Å². The summed E-state index contributed by atoms with van der Waals surface area (Å²) in [7, 11) is 0. The van der Waals surface area contributed by atoms with Gasteiger partial charge in [0.05, 0.1) is 10.7 Å². The van der Waals surface area contributed by atoms with Gasteiger partial charge in [-0.15, -0.1) is 11.8 Å². The molecule has 0 saturated carbocycles. The van der Waals surface area contributed by atoms with Crippen molar-refractivity contribution in [2.45, 2.75) is 30.4 Å². The molecule has 1 aromatic carbocycles. The summed E-state index contributed by atoms with van der Waals surface area (Å²) in [5, 5.41) is 0.634. The summed E-state index contributed by atoms with van der Waals surface area (Å²) in [6.07, 6.45) is 0. The summed E-state index contributed by atoms with van der Waals surface area (Å²) in [5.41, 5.74) is 6.25. The van der Waals surface area contributed by atoms with Gasteiger partial charge < -0.3 is 5.73 Å². The second kappa shape index (κ2) is 3.81. The van der Waals surface area contributed by atoms with E-state index in [2.05, 4.69) is 20.8 Å². The first-order valence-corrected chi connectivity index (χ1v) is 5.32. The Kier molecular flexibility index (Phi) is 3.14. The van der Waals surface area contributed by atoms with Crippen LogP contribution < -0.4 is 5.73 Å². The first-order valence-electron chi connectivity index (χ1n) is 4.12. The van der Waals surface area contributed by atoms with Crippen molar-refractivity contribution >= 4 is 29.1 Å². The average Bonchev–Trinajstić information content (AvgIpc) is 1.94. The smallest absolute Gasteiger partial charge is 0.0646 e. The van der Waals surface area contributed by atoms with Gasteiger partial charge in [-0.2, -0.15) is 0 Å². The number of halogens is 1. The number of nitrogen functional groups attached to an aromatic ring is 1. The number of rotatable bonds is 1. The van der Waals surface area contributed by atoms with Crippen LogP contribution >= 0.6 is 23.4 Å². The minimum atomic E-state index is 0.208. The van der Waals surface area contributed by atoms with Gasteiger partial charge in [0, 0.05) is 9.64 Å². The maximum atomic E-state index is 5.90. The van der Waals surface area contributed by atoms with E-state index < -0.39 is 0 Å². The highest BCUT2D eigenvalue weighted by atomic mass is 35.5. The van der Waals surface area contributed by atoms with Crippen LogP contribution in [0.2, 0.25) is 5.02 Å². The molecule has 1 aromatic rings. The fourth-order valence-corrected chi connectivity index (χ4v) is 2.19. The SMILES string of the molecule is CC(C)(C)Sc1ccc(N)c(Cl)c1. The van der Waals surface area contributed by atoms with E-state index in [-0.39, 0.29) is 4.75 Å². The van der Waals surface area contributed by atoms with Crippen molar-refractivity contribution in [3.8, 4) is 0 Å². The van der Waals surface area contributed by atoms with Gasteiger partial charge in [-0.05, 0) is 18.2 Å². The topological polar surface area (TPSA) is 26.0 Å². The molecule has 72 valence electrons. The predicted octanol–water partition coefficient (Wildman–Crippen LogP) is 3.81. The lowest BCUT2D eigenvalue weighted by molar-refractivity contribution is 0.803. The molecule has 0 fully saturated rings. The zero-order valence-corrected chi connectivity index (χ0v) is 9.67.